The van der Waals surface area contributed by atoms with Crippen LogP contribution in [0.15, 0.2) is 130 Å². The van der Waals surface area contributed by atoms with Crippen molar-refractivity contribution in [1.29, 1.82) is 0 Å². The van der Waals surface area contributed by atoms with Crippen molar-refractivity contribution in [2.75, 3.05) is 5.32 Å². The van der Waals surface area contributed by atoms with Crippen molar-refractivity contribution in [2.24, 2.45) is 0 Å². The molecule has 0 aliphatic rings. The minimum absolute atomic E-state index is 0.893. The summed E-state index contributed by atoms with van der Waals surface area (Å²) in [5.41, 5.74) is 6.64. The summed E-state index contributed by atoms with van der Waals surface area (Å²) in [5, 5.41) is 8.39. The van der Waals surface area contributed by atoms with Crippen molar-refractivity contribution in [3.05, 3.63) is 115 Å². The van der Waals surface area contributed by atoms with Crippen LogP contribution in [0.3, 0.4) is 0 Å². The van der Waals surface area contributed by atoms with Gasteiger partial charge in [-0.05, 0) is 124 Å². The number of rotatable bonds is 6. The van der Waals surface area contributed by atoms with Gasteiger partial charge in [0, 0.05) is 25.8 Å². The third-order valence-electron chi connectivity index (χ3n) is 6.69. The molecule has 186 valence electrons. The molecule has 0 bridgehead atoms. The highest BCUT2D eigenvalue weighted by Crippen LogP contribution is 2.47. The number of anilines is 2. The Bertz CT molecular complexity index is 1770. The lowest BCUT2D eigenvalue weighted by Gasteiger charge is -2.21. The van der Waals surface area contributed by atoms with Gasteiger partial charge in [-0.3, -0.25) is 0 Å². The molecule has 0 spiro atoms. The topological polar surface area (TPSA) is 12.0 Å². The lowest BCUT2D eigenvalue weighted by Crippen LogP contribution is -1.97. The Kier molecular flexibility index (Phi) is 7.51. The Morgan fingerprint density at radius 1 is 0.500 bits per heavy atom. The number of hydrogen-bond acceptors (Lipinski definition) is 4. The predicted octanol–water partition coefficient (Wildman–Crippen LogP) is 11.9. The van der Waals surface area contributed by atoms with Crippen molar-refractivity contribution in [2.45, 2.75) is 14.7 Å². The van der Waals surface area contributed by atoms with Crippen LogP contribution >= 0.6 is 55.9 Å². The molecule has 0 unspecified atom stereocenters. The standard InChI is InChI=1S/C32H21Cl2NS3/c33-37-22-16-12-20(13-17-22)30-24-6-1-2-7-25(24)31(21-14-18-23(38-34)19-15-21)32-26(30)8-5-10-28(32)35-27-9-3-4-11-29(27)36/h1-19,35-36H. The molecule has 0 amide bonds. The van der Waals surface area contributed by atoms with E-state index in [1.54, 1.807) is 0 Å². The molecule has 0 saturated heterocycles. The molecule has 0 atom stereocenters. The van der Waals surface area contributed by atoms with Gasteiger partial charge in [0.25, 0.3) is 0 Å². The highest BCUT2D eigenvalue weighted by atomic mass is 35.7. The van der Waals surface area contributed by atoms with E-state index >= 15 is 0 Å². The van der Waals surface area contributed by atoms with Gasteiger partial charge >= 0.3 is 0 Å². The van der Waals surface area contributed by atoms with Gasteiger partial charge in [0.1, 0.15) is 0 Å². The molecular formula is C32H21Cl2NS3. The van der Waals surface area contributed by atoms with Gasteiger partial charge in [-0.2, -0.15) is 0 Å². The average molecular weight is 587 g/mol. The van der Waals surface area contributed by atoms with Gasteiger partial charge in [0.05, 0.1) is 5.69 Å². The first-order valence-corrected chi connectivity index (χ1v) is 15.7. The zero-order valence-corrected chi connectivity index (χ0v) is 24.0. The third-order valence-corrected chi connectivity index (χ3v) is 9.05. The van der Waals surface area contributed by atoms with E-state index in [0.29, 0.717) is 0 Å². The maximum atomic E-state index is 6.05. The molecule has 0 fully saturated rings. The van der Waals surface area contributed by atoms with Crippen LogP contribution in [0.5, 0.6) is 0 Å². The van der Waals surface area contributed by atoms with Crippen LogP contribution in [-0.4, -0.2) is 0 Å². The summed E-state index contributed by atoms with van der Waals surface area (Å²) >= 11 is 4.71. The fourth-order valence-corrected chi connectivity index (χ4v) is 6.33. The van der Waals surface area contributed by atoms with E-state index in [9.17, 15) is 0 Å². The van der Waals surface area contributed by atoms with Gasteiger partial charge < -0.3 is 5.32 Å². The average Bonchev–Trinajstić information content (AvgIpc) is 2.97. The van der Waals surface area contributed by atoms with Crippen LogP contribution in [-0.2, 0) is 0 Å². The lowest BCUT2D eigenvalue weighted by atomic mass is 9.85. The maximum Gasteiger partial charge on any atom is 0.0519 e. The Morgan fingerprint density at radius 2 is 1.00 bits per heavy atom. The second-order valence-corrected chi connectivity index (χ2v) is 11.5. The van der Waals surface area contributed by atoms with E-state index in [1.807, 2.05) is 18.2 Å². The summed E-state index contributed by atoms with van der Waals surface area (Å²) in [6, 6.07) is 40.1. The number of nitrogens with one attached hydrogen (secondary N) is 1. The molecule has 1 N–H and O–H groups in total. The second kappa shape index (κ2) is 11.2. The third kappa shape index (κ3) is 4.76. The van der Waals surface area contributed by atoms with Crippen LogP contribution in [0, 0.1) is 0 Å². The summed E-state index contributed by atoms with van der Waals surface area (Å²) in [7, 11) is 14.5. The lowest BCUT2D eigenvalue weighted by molar-refractivity contribution is 1.43. The second-order valence-electron chi connectivity index (χ2n) is 8.87. The number of fused-ring (bicyclic) bond motifs is 2. The van der Waals surface area contributed by atoms with Gasteiger partial charge in [-0.15, -0.1) is 12.6 Å². The number of halogens is 2. The Morgan fingerprint density at radius 3 is 1.61 bits per heavy atom. The number of thiol groups is 1. The fourth-order valence-electron chi connectivity index (χ4n) is 5.01. The Balaban J connectivity index is 1.73. The van der Waals surface area contributed by atoms with Gasteiger partial charge in [-0.25, -0.2) is 0 Å². The van der Waals surface area contributed by atoms with E-state index in [1.165, 1.54) is 49.2 Å². The molecule has 6 aromatic rings. The Labute approximate surface area is 245 Å². The molecule has 6 rings (SSSR count). The number of benzene rings is 6. The molecule has 1 nitrogen and oxygen atoms in total. The van der Waals surface area contributed by atoms with E-state index in [0.717, 1.165) is 42.6 Å². The van der Waals surface area contributed by atoms with Crippen molar-refractivity contribution in [3.63, 3.8) is 0 Å². The molecule has 0 radical (unpaired) electrons. The SMILES string of the molecule is Sc1ccccc1Nc1cccc2c(-c3ccc(SCl)cc3)c3ccccc3c(-c3ccc(SCl)cc3)c12. The maximum absolute atomic E-state index is 6.05. The van der Waals surface area contributed by atoms with Crippen LogP contribution in [0.2, 0.25) is 0 Å². The summed E-state index contributed by atoms with van der Waals surface area (Å²) in [6.45, 7) is 0. The van der Waals surface area contributed by atoms with Crippen LogP contribution in [0.25, 0.3) is 43.8 Å². The smallest absolute Gasteiger partial charge is 0.0519 e. The Hall–Kier alpha value is -2.73. The van der Waals surface area contributed by atoms with Crippen molar-refractivity contribution >= 4 is 88.9 Å². The van der Waals surface area contributed by atoms with E-state index in [4.69, 9.17) is 34.0 Å². The zero-order chi connectivity index (χ0) is 26.1. The molecule has 6 heteroatoms. The number of para-hydroxylation sites is 1. The van der Waals surface area contributed by atoms with Gasteiger partial charge in [0.15, 0.2) is 0 Å². The highest BCUT2D eigenvalue weighted by Gasteiger charge is 2.19. The fraction of sp³-hybridized carbons (Fsp3) is 0. The minimum atomic E-state index is 0.893. The van der Waals surface area contributed by atoms with E-state index in [-0.39, 0.29) is 0 Å². The molecular weight excluding hydrogens is 565 g/mol. The molecule has 6 aromatic carbocycles. The van der Waals surface area contributed by atoms with Crippen LogP contribution in [0.4, 0.5) is 11.4 Å². The summed E-state index contributed by atoms with van der Waals surface area (Å²) in [6.07, 6.45) is 0. The van der Waals surface area contributed by atoms with Crippen LogP contribution < -0.4 is 5.32 Å². The predicted molar refractivity (Wildman–Crippen MR) is 173 cm³/mol. The minimum Gasteiger partial charge on any atom is -0.354 e. The largest absolute Gasteiger partial charge is 0.354 e. The highest BCUT2D eigenvalue weighted by molar-refractivity contribution is 8.21. The summed E-state index contributed by atoms with van der Waals surface area (Å²) in [4.78, 5) is 2.93. The molecule has 0 aliphatic carbocycles. The first-order valence-electron chi connectivity index (χ1n) is 12.0. The molecule has 0 aromatic heterocycles. The molecule has 0 saturated carbocycles. The van der Waals surface area contributed by atoms with Crippen molar-refractivity contribution < 1.29 is 0 Å². The molecule has 0 heterocycles. The van der Waals surface area contributed by atoms with Gasteiger partial charge in [0.2, 0.25) is 0 Å². The van der Waals surface area contributed by atoms with Crippen molar-refractivity contribution in [1.82, 2.24) is 0 Å². The van der Waals surface area contributed by atoms with Gasteiger partial charge in [-0.1, -0.05) is 72.8 Å². The van der Waals surface area contributed by atoms with E-state index in [2.05, 4.69) is 102 Å². The number of hydrogen-bond donors (Lipinski definition) is 2. The summed E-state index contributed by atoms with van der Waals surface area (Å²) < 4.78 is 0. The first-order chi connectivity index (χ1) is 18.7. The summed E-state index contributed by atoms with van der Waals surface area (Å²) in [5.74, 6) is 0. The van der Waals surface area contributed by atoms with Crippen molar-refractivity contribution in [3.8, 4) is 22.3 Å². The molecule has 38 heavy (non-hydrogen) atoms. The zero-order valence-electron chi connectivity index (χ0n) is 20.0. The quantitative estimate of drug-likeness (QED) is 0.149. The van der Waals surface area contributed by atoms with Crippen LogP contribution in [0.1, 0.15) is 0 Å². The monoisotopic (exact) mass is 585 g/mol. The first kappa shape index (κ1) is 25.5. The normalized spacial score (nSPS) is 11.2. The van der Waals surface area contributed by atoms with E-state index < -0.39 is 0 Å². The molecule has 0 aliphatic heterocycles.